The van der Waals surface area contributed by atoms with Gasteiger partial charge in [-0.3, -0.25) is 9.36 Å². The minimum atomic E-state index is -4.57. The van der Waals surface area contributed by atoms with Crippen LogP contribution in [0.2, 0.25) is 0 Å². The van der Waals surface area contributed by atoms with Gasteiger partial charge in [-0.1, -0.05) is 13.8 Å². The van der Waals surface area contributed by atoms with Gasteiger partial charge in [-0.2, -0.15) is 0 Å². The first-order valence-corrected chi connectivity index (χ1v) is 6.13. The summed E-state index contributed by atoms with van der Waals surface area (Å²) in [5, 5.41) is 9.41. The van der Waals surface area contributed by atoms with Crippen LogP contribution in [0.1, 0.15) is 13.8 Å². The van der Waals surface area contributed by atoms with Crippen LogP contribution < -0.4 is 0 Å². The zero-order valence-electron chi connectivity index (χ0n) is 8.75. The highest BCUT2D eigenvalue weighted by molar-refractivity contribution is 7.52. The second-order valence-corrected chi connectivity index (χ2v) is 6.06. The van der Waals surface area contributed by atoms with Crippen LogP contribution in [0.4, 0.5) is 0 Å². The second-order valence-electron chi connectivity index (χ2n) is 4.35. The molecule has 7 heteroatoms. The van der Waals surface area contributed by atoms with Crippen molar-refractivity contribution in [3.05, 3.63) is 0 Å². The van der Waals surface area contributed by atoms with Crippen molar-refractivity contribution < 1.29 is 29.0 Å². The molecular formula is C8H15O6P. The molecule has 0 spiro atoms. The molecule has 3 atom stereocenters. The Labute approximate surface area is 87.4 Å². The van der Waals surface area contributed by atoms with Crippen molar-refractivity contribution in [3.63, 3.8) is 0 Å². The SMILES string of the molecule is COC(=O)C1C(C(O)P(=O)(O)O)C1(C)C. The van der Waals surface area contributed by atoms with Crippen LogP contribution in [0.15, 0.2) is 0 Å². The van der Waals surface area contributed by atoms with E-state index in [4.69, 9.17) is 9.79 Å². The van der Waals surface area contributed by atoms with Gasteiger partial charge in [0.25, 0.3) is 0 Å². The Balaban J connectivity index is 2.83. The molecule has 3 unspecified atom stereocenters. The molecule has 0 bridgehead atoms. The lowest BCUT2D eigenvalue weighted by atomic mass is 10.1. The highest BCUT2D eigenvalue weighted by atomic mass is 31.2. The zero-order chi connectivity index (χ0) is 12.0. The van der Waals surface area contributed by atoms with E-state index in [-0.39, 0.29) is 0 Å². The molecule has 3 N–H and O–H groups in total. The average molecular weight is 238 g/mol. The molecule has 0 aromatic carbocycles. The standard InChI is InChI=1S/C8H15O6P/c1-8(2)4(6(9)14-3)5(8)7(10)15(11,12)13/h4-5,7,10H,1-3H3,(H2,11,12,13). The van der Waals surface area contributed by atoms with Gasteiger partial charge in [-0.25, -0.2) is 0 Å². The van der Waals surface area contributed by atoms with E-state index in [2.05, 4.69) is 4.74 Å². The Morgan fingerprint density at radius 1 is 1.47 bits per heavy atom. The van der Waals surface area contributed by atoms with Crippen LogP contribution in [0, 0.1) is 17.3 Å². The Bertz CT molecular complexity index is 319. The molecular weight excluding hydrogens is 223 g/mol. The Kier molecular flexibility index (Phi) is 3.00. The van der Waals surface area contributed by atoms with E-state index in [9.17, 15) is 14.5 Å². The van der Waals surface area contributed by atoms with Crippen molar-refractivity contribution in [2.75, 3.05) is 7.11 Å². The minimum absolute atomic E-state index is 0.544. The van der Waals surface area contributed by atoms with Gasteiger partial charge in [-0.15, -0.1) is 0 Å². The van der Waals surface area contributed by atoms with Crippen molar-refractivity contribution in [1.82, 2.24) is 0 Å². The molecule has 0 saturated heterocycles. The van der Waals surface area contributed by atoms with E-state index in [0.29, 0.717) is 0 Å². The predicted molar refractivity (Wildman–Crippen MR) is 50.8 cm³/mol. The Morgan fingerprint density at radius 3 is 2.27 bits per heavy atom. The number of rotatable bonds is 3. The summed E-state index contributed by atoms with van der Waals surface area (Å²) < 4.78 is 15.3. The third-order valence-electron chi connectivity index (χ3n) is 3.03. The van der Waals surface area contributed by atoms with E-state index < -0.39 is 36.7 Å². The number of aliphatic hydroxyl groups is 1. The lowest BCUT2D eigenvalue weighted by Crippen LogP contribution is -2.15. The van der Waals surface area contributed by atoms with E-state index in [0.717, 1.165) is 0 Å². The number of carbonyl (C=O) groups excluding carboxylic acids is 1. The molecule has 0 aromatic rings. The Hall–Kier alpha value is -0.420. The van der Waals surface area contributed by atoms with Gasteiger partial charge < -0.3 is 19.6 Å². The first kappa shape index (κ1) is 12.6. The smallest absolute Gasteiger partial charge is 0.354 e. The summed E-state index contributed by atoms with van der Waals surface area (Å²) in [6.45, 7) is 3.33. The summed E-state index contributed by atoms with van der Waals surface area (Å²) in [6, 6.07) is 0. The summed E-state index contributed by atoms with van der Waals surface area (Å²) >= 11 is 0. The van der Waals surface area contributed by atoms with Crippen LogP contribution in [-0.2, 0) is 14.1 Å². The van der Waals surface area contributed by atoms with Gasteiger partial charge >= 0.3 is 13.6 Å². The third-order valence-corrected chi connectivity index (χ3v) is 4.04. The molecule has 1 saturated carbocycles. The Morgan fingerprint density at radius 2 is 1.93 bits per heavy atom. The maximum absolute atomic E-state index is 11.2. The van der Waals surface area contributed by atoms with Crippen molar-refractivity contribution in [3.8, 4) is 0 Å². The summed E-state index contributed by atoms with van der Waals surface area (Å²) in [5.41, 5.74) is -0.631. The summed E-state index contributed by atoms with van der Waals surface area (Å²) in [5.74, 6) is -3.73. The number of aliphatic hydroxyl groups excluding tert-OH is 1. The zero-order valence-corrected chi connectivity index (χ0v) is 9.64. The normalized spacial score (nSPS) is 30.8. The highest BCUT2D eigenvalue weighted by Crippen LogP contribution is 2.66. The number of ether oxygens (including phenoxy) is 1. The largest absolute Gasteiger partial charge is 0.469 e. The summed E-state index contributed by atoms with van der Waals surface area (Å²) in [7, 11) is -3.36. The molecule has 0 aliphatic heterocycles. The number of methoxy groups -OCH3 is 1. The molecule has 1 fully saturated rings. The number of esters is 1. The van der Waals surface area contributed by atoms with E-state index in [1.54, 1.807) is 13.8 Å². The highest BCUT2D eigenvalue weighted by Gasteiger charge is 2.68. The molecule has 0 radical (unpaired) electrons. The fraction of sp³-hybridized carbons (Fsp3) is 0.875. The lowest BCUT2D eigenvalue weighted by molar-refractivity contribution is -0.143. The van der Waals surface area contributed by atoms with Gasteiger partial charge in [0, 0.05) is 5.92 Å². The topological polar surface area (TPSA) is 104 Å². The maximum atomic E-state index is 11.2. The first-order chi connectivity index (χ1) is 6.64. The number of hydrogen-bond acceptors (Lipinski definition) is 4. The van der Waals surface area contributed by atoms with Gasteiger partial charge in [0.05, 0.1) is 13.0 Å². The number of carbonyl (C=O) groups is 1. The van der Waals surface area contributed by atoms with Crippen molar-refractivity contribution in [2.24, 2.45) is 17.3 Å². The van der Waals surface area contributed by atoms with Crippen molar-refractivity contribution in [1.29, 1.82) is 0 Å². The van der Waals surface area contributed by atoms with Crippen molar-refractivity contribution in [2.45, 2.75) is 19.7 Å². The minimum Gasteiger partial charge on any atom is -0.469 e. The molecule has 88 valence electrons. The van der Waals surface area contributed by atoms with Gasteiger partial charge in [0.15, 0.2) is 5.85 Å². The van der Waals surface area contributed by atoms with Crippen LogP contribution in [0.25, 0.3) is 0 Å². The second kappa shape index (κ2) is 3.56. The van der Waals surface area contributed by atoms with E-state index >= 15 is 0 Å². The third kappa shape index (κ3) is 2.08. The van der Waals surface area contributed by atoms with Crippen LogP contribution >= 0.6 is 7.60 Å². The quantitative estimate of drug-likeness (QED) is 0.469. The van der Waals surface area contributed by atoms with Crippen LogP contribution in [0.3, 0.4) is 0 Å². The van der Waals surface area contributed by atoms with Crippen LogP contribution in [-0.4, -0.2) is 33.8 Å². The van der Waals surface area contributed by atoms with Gasteiger partial charge in [-0.05, 0) is 5.41 Å². The monoisotopic (exact) mass is 238 g/mol. The van der Waals surface area contributed by atoms with Gasteiger partial charge in [0.2, 0.25) is 0 Å². The fourth-order valence-electron chi connectivity index (χ4n) is 2.02. The first-order valence-electron chi connectivity index (χ1n) is 4.45. The summed E-state index contributed by atoms with van der Waals surface area (Å²) in [4.78, 5) is 28.9. The molecule has 15 heavy (non-hydrogen) atoms. The predicted octanol–water partition coefficient (Wildman–Crippen LogP) is -0.0723. The summed E-state index contributed by atoms with van der Waals surface area (Å²) in [6.07, 6.45) is 0. The fourth-order valence-corrected chi connectivity index (χ4v) is 3.00. The molecule has 6 nitrogen and oxygen atoms in total. The lowest BCUT2D eigenvalue weighted by Gasteiger charge is -2.12. The van der Waals surface area contributed by atoms with E-state index in [1.807, 2.05) is 0 Å². The molecule has 1 rings (SSSR count). The molecule has 0 aromatic heterocycles. The maximum Gasteiger partial charge on any atom is 0.354 e. The molecule has 1 aliphatic carbocycles. The number of hydrogen-bond donors (Lipinski definition) is 3. The van der Waals surface area contributed by atoms with Crippen LogP contribution in [0.5, 0.6) is 0 Å². The van der Waals surface area contributed by atoms with Gasteiger partial charge in [0.1, 0.15) is 0 Å². The van der Waals surface area contributed by atoms with Crippen molar-refractivity contribution >= 4 is 13.6 Å². The molecule has 0 heterocycles. The van der Waals surface area contributed by atoms with E-state index in [1.165, 1.54) is 7.11 Å². The molecule has 1 aliphatic rings. The average Bonchev–Trinajstić information content (AvgIpc) is 2.64. The molecule has 0 amide bonds.